The molecule has 110 valence electrons. The van der Waals surface area contributed by atoms with E-state index in [1.807, 2.05) is 42.5 Å². The molecule has 0 spiro atoms. The molecule has 6 heteroatoms. The van der Waals surface area contributed by atoms with Crippen LogP contribution in [-0.2, 0) is 0 Å². The van der Waals surface area contributed by atoms with Crippen molar-refractivity contribution in [2.45, 2.75) is 4.34 Å². The second-order valence-corrected chi connectivity index (χ2v) is 6.70. The van der Waals surface area contributed by atoms with Crippen LogP contribution in [0, 0.1) is 0 Å². The van der Waals surface area contributed by atoms with E-state index >= 15 is 0 Å². The fraction of sp³-hybridized carbons (Fsp3) is 0.0625. The normalized spacial score (nSPS) is 10.5. The van der Waals surface area contributed by atoms with Crippen LogP contribution in [0.25, 0.3) is 10.8 Å². The maximum Gasteiger partial charge on any atom is 0.258 e. The molecule has 0 saturated carbocycles. The van der Waals surface area contributed by atoms with Crippen molar-refractivity contribution in [3.05, 3.63) is 60.7 Å². The summed E-state index contributed by atoms with van der Waals surface area (Å²) in [5, 5.41) is 13.3. The van der Waals surface area contributed by atoms with Crippen LogP contribution < -0.4 is 5.32 Å². The fourth-order valence-electron chi connectivity index (χ4n) is 2.04. The number of hydrogen-bond donors (Lipinski definition) is 1. The van der Waals surface area contributed by atoms with Gasteiger partial charge in [-0.05, 0) is 16.8 Å². The van der Waals surface area contributed by atoms with E-state index in [4.69, 9.17) is 0 Å². The second-order valence-electron chi connectivity index (χ2n) is 4.45. The van der Waals surface area contributed by atoms with E-state index in [2.05, 4.69) is 22.1 Å². The molecule has 1 amide bonds. The van der Waals surface area contributed by atoms with Crippen LogP contribution in [0.5, 0.6) is 0 Å². The zero-order valence-electron chi connectivity index (χ0n) is 11.7. The molecule has 0 aliphatic carbocycles. The number of aromatic nitrogens is 2. The molecule has 0 bridgehead atoms. The summed E-state index contributed by atoms with van der Waals surface area (Å²) >= 11 is 2.90. The number of amides is 1. The second kappa shape index (κ2) is 6.72. The number of nitrogens with zero attached hydrogens (tertiary/aromatic N) is 2. The summed E-state index contributed by atoms with van der Waals surface area (Å²) in [6.07, 6.45) is 1.81. The lowest BCUT2D eigenvalue weighted by Gasteiger charge is -2.05. The summed E-state index contributed by atoms with van der Waals surface area (Å²) in [7, 11) is 0. The van der Waals surface area contributed by atoms with Crippen LogP contribution in [-0.4, -0.2) is 21.9 Å². The van der Waals surface area contributed by atoms with E-state index in [1.165, 1.54) is 11.3 Å². The van der Waals surface area contributed by atoms with Crippen molar-refractivity contribution in [2.24, 2.45) is 0 Å². The standard InChI is InChI=1S/C16H13N3OS2/c1-2-10-21-16-19-18-15(22-16)17-14(20)13-9-5-7-11-6-3-4-8-12(11)13/h2-9H,1,10H2,(H,17,18,20). The molecule has 0 atom stereocenters. The van der Waals surface area contributed by atoms with Gasteiger partial charge < -0.3 is 0 Å². The molecule has 0 unspecified atom stereocenters. The molecular weight excluding hydrogens is 314 g/mol. The molecule has 2 aromatic carbocycles. The van der Waals surface area contributed by atoms with Crippen molar-refractivity contribution in [1.82, 2.24) is 10.2 Å². The smallest absolute Gasteiger partial charge is 0.258 e. The number of nitrogens with one attached hydrogen (secondary N) is 1. The predicted octanol–water partition coefficient (Wildman–Crippen LogP) is 4.22. The molecule has 1 heterocycles. The molecule has 0 aliphatic heterocycles. The van der Waals surface area contributed by atoms with E-state index in [1.54, 1.807) is 17.8 Å². The minimum absolute atomic E-state index is 0.173. The average Bonchev–Trinajstić information content (AvgIpc) is 2.99. The highest BCUT2D eigenvalue weighted by atomic mass is 32.2. The minimum Gasteiger partial charge on any atom is -0.296 e. The molecule has 0 saturated heterocycles. The molecule has 22 heavy (non-hydrogen) atoms. The molecule has 1 N–H and O–H groups in total. The summed E-state index contributed by atoms with van der Waals surface area (Å²) in [5.74, 6) is 0.597. The maximum absolute atomic E-state index is 12.5. The highest BCUT2D eigenvalue weighted by Crippen LogP contribution is 2.26. The SMILES string of the molecule is C=CCSc1nnc(NC(=O)c2cccc3ccccc23)s1. The van der Waals surface area contributed by atoms with E-state index in [-0.39, 0.29) is 5.91 Å². The van der Waals surface area contributed by atoms with Gasteiger partial charge in [-0.25, -0.2) is 0 Å². The quantitative estimate of drug-likeness (QED) is 0.433. The number of fused-ring (bicyclic) bond motifs is 1. The number of thioether (sulfide) groups is 1. The summed E-state index contributed by atoms with van der Waals surface area (Å²) in [4.78, 5) is 12.5. The van der Waals surface area contributed by atoms with Crippen LogP contribution in [0.3, 0.4) is 0 Å². The van der Waals surface area contributed by atoms with Gasteiger partial charge >= 0.3 is 0 Å². The van der Waals surface area contributed by atoms with Gasteiger partial charge in [-0.15, -0.1) is 16.8 Å². The van der Waals surface area contributed by atoms with Crippen LogP contribution >= 0.6 is 23.1 Å². The Kier molecular flexibility index (Phi) is 4.50. The number of carbonyl (C=O) groups excluding carboxylic acids is 1. The third kappa shape index (κ3) is 3.18. The first-order valence-corrected chi connectivity index (χ1v) is 8.44. The number of carbonyl (C=O) groups is 1. The Morgan fingerprint density at radius 3 is 2.91 bits per heavy atom. The van der Waals surface area contributed by atoms with Crippen LogP contribution in [0.1, 0.15) is 10.4 Å². The van der Waals surface area contributed by atoms with Gasteiger partial charge in [-0.2, -0.15) is 0 Å². The molecule has 3 aromatic rings. The molecular formula is C16H13N3OS2. The topological polar surface area (TPSA) is 54.9 Å². The Morgan fingerprint density at radius 2 is 2.05 bits per heavy atom. The lowest BCUT2D eigenvalue weighted by Crippen LogP contribution is -2.12. The van der Waals surface area contributed by atoms with Gasteiger partial charge in [0.25, 0.3) is 5.91 Å². The average molecular weight is 327 g/mol. The van der Waals surface area contributed by atoms with Crippen LogP contribution in [0.2, 0.25) is 0 Å². The number of anilines is 1. The Bertz CT molecular complexity index is 824. The molecule has 1 aromatic heterocycles. The van der Waals surface area contributed by atoms with Gasteiger partial charge in [-0.1, -0.05) is 65.6 Å². The van der Waals surface area contributed by atoms with E-state index < -0.39 is 0 Å². The molecule has 0 fully saturated rings. The molecule has 0 aliphatic rings. The van der Waals surface area contributed by atoms with E-state index in [0.717, 1.165) is 20.9 Å². The lowest BCUT2D eigenvalue weighted by molar-refractivity contribution is 0.102. The summed E-state index contributed by atoms with van der Waals surface area (Å²) in [5.41, 5.74) is 0.633. The lowest BCUT2D eigenvalue weighted by atomic mass is 10.0. The van der Waals surface area contributed by atoms with Gasteiger partial charge in [0.05, 0.1) is 0 Å². The number of rotatable bonds is 5. The van der Waals surface area contributed by atoms with Crippen LogP contribution in [0.4, 0.5) is 5.13 Å². The third-order valence-corrected chi connectivity index (χ3v) is 4.95. The van der Waals surface area contributed by atoms with Crippen molar-refractivity contribution in [3.8, 4) is 0 Å². The van der Waals surface area contributed by atoms with Gasteiger partial charge in [0.2, 0.25) is 5.13 Å². The van der Waals surface area contributed by atoms with Gasteiger partial charge in [0.1, 0.15) is 0 Å². The van der Waals surface area contributed by atoms with Gasteiger partial charge in [0.15, 0.2) is 4.34 Å². The van der Waals surface area contributed by atoms with Gasteiger partial charge in [0, 0.05) is 11.3 Å². The largest absolute Gasteiger partial charge is 0.296 e. The third-order valence-electron chi connectivity index (χ3n) is 2.99. The summed E-state index contributed by atoms with van der Waals surface area (Å²) in [6, 6.07) is 13.5. The fourth-order valence-corrected chi connectivity index (χ4v) is 3.54. The Labute approximate surface area is 136 Å². The Balaban J connectivity index is 1.81. The first-order valence-electron chi connectivity index (χ1n) is 6.64. The number of hydrogen-bond acceptors (Lipinski definition) is 5. The first kappa shape index (κ1) is 14.7. The summed E-state index contributed by atoms with van der Waals surface area (Å²) < 4.78 is 0.813. The Hall–Kier alpha value is -2.18. The van der Waals surface area contributed by atoms with Crippen molar-refractivity contribution in [3.63, 3.8) is 0 Å². The molecule has 4 nitrogen and oxygen atoms in total. The van der Waals surface area contributed by atoms with Crippen molar-refractivity contribution in [2.75, 3.05) is 11.1 Å². The molecule has 3 rings (SSSR count). The van der Waals surface area contributed by atoms with Gasteiger partial charge in [-0.3, -0.25) is 10.1 Å². The highest BCUT2D eigenvalue weighted by molar-refractivity contribution is 8.01. The Morgan fingerprint density at radius 1 is 1.23 bits per heavy atom. The minimum atomic E-state index is -0.173. The van der Waals surface area contributed by atoms with E-state index in [0.29, 0.717) is 10.7 Å². The van der Waals surface area contributed by atoms with Crippen molar-refractivity contribution < 1.29 is 4.79 Å². The maximum atomic E-state index is 12.5. The zero-order valence-corrected chi connectivity index (χ0v) is 13.3. The monoisotopic (exact) mass is 327 g/mol. The number of benzene rings is 2. The zero-order chi connectivity index (χ0) is 15.4. The first-order chi connectivity index (χ1) is 10.8. The predicted molar refractivity (Wildman–Crippen MR) is 92.7 cm³/mol. The molecule has 0 radical (unpaired) electrons. The van der Waals surface area contributed by atoms with E-state index in [9.17, 15) is 4.79 Å². The van der Waals surface area contributed by atoms with Crippen LogP contribution in [0.15, 0.2) is 59.5 Å². The van der Waals surface area contributed by atoms with Crippen molar-refractivity contribution >= 4 is 44.9 Å². The summed E-state index contributed by atoms with van der Waals surface area (Å²) in [6.45, 7) is 3.67. The highest BCUT2D eigenvalue weighted by Gasteiger charge is 2.12. The van der Waals surface area contributed by atoms with Crippen molar-refractivity contribution in [1.29, 1.82) is 0 Å².